The fourth-order valence-electron chi connectivity index (χ4n) is 1.67. The molecule has 1 rings (SSSR count). The molecule has 0 bridgehead atoms. The molecule has 1 amide bonds. The van der Waals surface area contributed by atoms with Crippen LogP contribution in [0.15, 0.2) is 24.3 Å². The number of carbonyl (C=O) groups excluding carboxylic acids is 1. The Morgan fingerprint density at radius 2 is 2.12 bits per heavy atom. The predicted octanol–water partition coefficient (Wildman–Crippen LogP) is 2.64. The second-order valence-electron chi connectivity index (χ2n) is 4.15. The van der Waals surface area contributed by atoms with Crippen LogP contribution in [0.4, 0.5) is 0 Å². The van der Waals surface area contributed by atoms with Crippen LogP contribution in [0.5, 0.6) is 0 Å². The van der Waals surface area contributed by atoms with Gasteiger partial charge in [-0.1, -0.05) is 43.1 Å². The summed E-state index contributed by atoms with van der Waals surface area (Å²) in [5.41, 5.74) is 6.66. The number of benzene rings is 1. The molecule has 0 heterocycles. The molecule has 0 aliphatic heterocycles. The molecule has 0 fully saturated rings. The quantitative estimate of drug-likeness (QED) is 0.849. The van der Waals surface area contributed by atoms with Crippen molar-refractivity contribution in [3.05, 3.63) is 34.9 Å². The lowest BCUT2D eigenvalue weighted by atomic mass is 10.1. The number of nitrogens with one attached hydrogen (secondary N) is 1. The third-order valence-electron chi connectivity index (χ3n) is 2.67. The van der Waals surface area contributed by atoms with E-state index in [9.17, 15) is 4.79 Å². The summed E-state index contributed by atoms with van der Waals surface area (Å²) in [7, 11) is 0. The molecule has 3 N–H and O–H groups in total. The van der Waals surface area contributed by atoms with E-state index in [0.717, 1.165) is 12.0 Å². The highest BCUT2D eigenvalue weighted by molar-refractivity contribution is 6.31. The number of hydrogen-bond donors (Lipinski definition) is 2. The lowest BCUT2D eigenvalue weighted by Crippen LogP contribution is -2.41. The van der Waals surface area contributed by atoms with Gasteiger partial charge in [-0.15, -0.1) is 0 Å². The molecule has 2 unspecified atom stereocenters. The maximum absolute atomic E-state index is 11.7. The average molecular weight is 255 g/mol. The lowest BCUT2D eigenvalue weighted by Gasteiger charge is -2.18. The van der Waals surface area contributed by atoms with E-state index in [1.807, 2.05) is 38.1 Å². The van der Waals surface area contributed by atoms with Crippen molar-refractivity contribution in [1.29, 1.82) is 0 Å². The lowest BCUT2D eigenvalue weighted by molar-refractivity contribution is -0.123. The van der Waals surface area contributed by atoms with Crippen molar-refractivity contribution in [2.24, 2.45) is 5.73 Å². The summed E-state index contributed by atoms with van der Waals surface area (Å²) in [6.45, 7) is 3.91. The molecule has 0 spiro atoms. The second kappa shape index (κ2) is 6.62. The average Bonchev–Trinajstić information content (AvgIpc) is 2.29. The van der Waals surface area contributed by atoms with Crippen LogP contribution in [-0.2, 0) is 4.79 Å². The summed E-state index contributed by atoms with van der Waals surface area (Å²) < 4.78 is 0. The number of halogens is 1. The van der Waals surface area contributed by atoms with Crippen molar-refractivity contribution >= 4 is 17.5 Å². The second-order valence-corrected chi connectivity index (χ2v) is 4.55. The molecule has 1 aromatic carbocycles. The van der Waals surface area contributed by atoms with Gasteiger partial charge in [0, 0.05) is 5.02 Å². The van der Waals surface area contributed by atoms with Gasteiger partial charge >= 0.3 is 0 Å². The zero-order chi connectivity index (χ0) is 12.8. The third kappa shape index (κ3) is 4.02. The van der Waals surface area contributed by atoms with Crippen molar-refractivity contribution in [3.8, 4) is 0 Å². The Balaban J connectivity index is 2.63. The molecule has 3 nitrogen and oxygen atoms in total. The first-order valence-electron chi connectivity index (χ1n) is 5.86. The monoisotopic (exact) mass is 254 g/mol. The summed E-state index contributed by atoms with van der Waals surface area (Å²) in [5.74, 6) is -0.126. The molecule has 0 saturated carbocycles. The van der Waals surface area contributed by atoms with E-state index in [2.05, 4.69) is 5.32 Å². The molecule has 0 saturated heterocycles. The molecule has 94 valence electrons. The molecule has 1 aromatic rings. The Bertz CT molecular complexity index is 381. The standard InChI is InChI=1S/C13H19ClN2O/c1-3-6-12(15)13(17)16-9(2)10-7-4-5-8-11(10)14/h4-5,7-9,12H,3,6,15H2,1-2H3,(H,16,17). The van der Waals surface area contributed by atoms with Crippen molar-refractivity contribution in [1.82, 2.24) is 5.32 Å². The van der Waals surface area contributed by atoms with E-state index >= 15 is 0 Å². The first-order valence-corrected chi connectivity index (χ1v) is 6.24. The van der Waals surface area contributed by atoms with Crippen LogP contribution in [0.1, 0.15) is 38.3 Å². The maximum atomic E-state index is 11.7. The van der Waals surface area contributed by atoms with Crippen LogP contribution in [0.25, 0.3) is 0 Å². The summed E-state index contributed by atoms with van der Waals surface area (Å²) in [4.78, 5) is 11.7. The van der Waals surface area contributed by atoms with Gasteiger partial charge in [-0.25, -0.2) is 0 Å². The highest BCUT2D eigenvalue weighted by Gasteiger charge is 2.16. The van der Waals surface area contributed by atoms with Crippen molar-refractivity contribution in [3.63, 3.8) is 0 Å². The molecular formula is C13H19ClN2O. The predicted molar refractivity (Wildman–Crippen MR) is 70.9 cm³/mol. The molecular weight excluding hydrogens is 236 g/mol. The van der Waals surface area contributed by atoms with Gasteiger partial charge in [-0.3, -0.25) is 4.79 Å². The Morgan fingerprint density at radius 3 is 2.71 bits per heavy atom. The Morgan fingerprint density at radius 1 is 1.47 bits per heavy atom. The van der Waals surface area contributed by atoms with Gasteiger partial charge in [-0.2, -0.15) is 0 Å². The minimum Gasteiger partial charge on any atom is -0.348 e. The number of amides is 1. The smallest absolute Gasteiger partial charge is 0.237 e. The number of carbonyl (C=O) groups is 1. The minimum atomic E-state index is -0.440. The van der Waals surface area contributed by atoms with E-state index in [1.165, 1.54) is 0 Å². The fraction of sp³-hybridized carbons (Fsp3) is 0.462. The summed E-state index contributed by atoms with van der Waals surface area (Å²) in [6.07, 6.45) is 1.59. The number of rotatable bonds is 5. The zero-order valence-electron chi connectivity index (χ0n) is 10.2. The topological polar surface area (TPSA) is 55.1 Å². The fourth-order valence-corrected chi connectivity index (χ4v) is 1.97. The molecule has 2 atom stereocenters. The SMILES string of the molecule is CCCC(N)C(=O)NC(C)c1ccccc1Cl. The van der Waals surface area contributed by atoms with E-state index in [-0.39, 0.29) is 11.9 Å². The normalized spacial score (nSPS) is 14.1. The summed E-state index contributed by atoms with van der Waals surface area (Å²) in [5, 5.41) is 3.53. The van der Waals surface area contributed by atoms with Crippen molar-refractivity contribution in [2.75, 3.05) is 0 Å². The van der Waals surface area contributed by atoms with Crippen LogP contribution in [0.2, 0.25) is 5.02 Å². The van der Waals surface area contributed by atoms with Crippen molar-refractivity contribution < 1.29 is 4.79 Å². The van der Waals surface area contributed by atoms with Crippen LogP contribution in [0.3, 0.4) is 0 Å². The van der Waals surface area contributed by atoms with Gasteiger partial charge in [0.05, 0.1) is 12.1 Å². The molecule has 4 heteroatoms. The van der Waals surface area contributed by atoms with Gasteiger partial charge in [-0.05, 0) is 25.0 Å². The van der Waals surface area contributed by atoms with Gasteiger partial charge in [0.2, 0.25) is 5.91 Å². The van der Waals surface area contributed by atoms with Gasteiger partial charge in [0.15, 0.2) is 0 Å². The highest BCUT2D eigenvalue weighted by Crippen LogP contribution is 2.22. The first-order chi connectivity index (χ1) is 8.06. The van der Waals surface area contributed by atoms with Crippen LogP contribution in [0, 0.1) is 0 Å². The molecule has 0 radical (unpaired) electrons. The number of nitrogens with two attached hydrogens (primary N) is 1. The minimum absolute atomic E-state index is 0.126. The Kier molecular flexibility index (Phi) is 5.45. The van der Waals surface area contributed by atoms with Crippen LogP contribution in [-0.4, -0.2) is 11.9 Å². The zero-order valence-corrected chi connectivity index (χ0v) is 11.0. The van der Waals surface area contributed by atoms with E-state index in [1.54, 1.807) is 0 Å². The molecule has 0 aliphatic carbocycles. The van der Waals surface area contributed by atoms with Crippen molar-refractivity contribution in [2.45, 2.75) is 38.8 Å². The molecule has 17 heavy (non-hydrogen) atoms. The maximum Gasteiger partial charge on any atom is 0.237 e. The third-order valence-corrected chi connectivity index (χ3v) is 3.01. The first kappa shape index (κ1) is 14.0. The molecule has 0 aromatic heterocycles. The highest BCUT2D eigenvalue weighted by atomic mass is 35.5. The van der Waals surface area contributed by atoms with Gasteiger partial charge in [0.1, 0.15) is 0 Å². The van der Waals surface area contributed by atoms with E-state index in [4.69, 9.17) is 17.3 Å². The summed E-state index contributed by atoms with van der Waals surface area (Å²) >= 11 is 6.06. The largest absolute Gasteiger partial charge is 0.348 e. The number of hydrogen-bond acceptors (Lipinski definition) is 2. The van der Waals surface area contributed by atoms with E-state index in [0.29, 0.717) is 11.4 Å². The van der Waals surface area contributed by atoms with Gasteiger partial charge < -0.3 is 11.1 Å². The molecule has 0 aliphatic rings. The van der Waals surface area contributed by atoms with Crippen LogP contribution >= 0.6 is 11.6 Å². The van der Waals surface area contributed by atoms with Crippen LogP contribution < -0.4 is 11.1 Å². The Labute approximate surface area is 107 Å². The van der Waals surface area contributed by atoms with E-state index < -0.39 is 6.04 Å². The van der Waals surface area contributed by atoms with Gasteiger partial charge in [0.25, 0.3) is 0 Å². The summed E-state index contributed by atoms with van der Waals surface area (Å²) in [6, 6.07) is 6.91. The Hall–Kier alpha value is -1.06.